The highest BCUT2D eigenvalue weighted by Gasteiger charge is 2.13. The first-order chi connectivity index (χ1) is 10.9. The van der Waals surface area contributed by atoms with Crippen molar-refractivity contribution < 1.29 is 4.74 Å². The van der Waals surface area contributed by atoms with Crippen LogP contribution in [0.5, 0.6) is 5.75 Å². The molecule has 1 atom stereocenters. The van der Waals surface area contributed by atoms with Crippen molar-refractivity contribution in [3.63, 3.8) is 0 Å². The molecule has 0 bridgehead atoms. The lowest BCUT2D eigenvalue weighted by atomic mass is 10.1. The van der Waals surface area contributed by atoms with Gasteiger partial charge in [0, 0.05) is 24.2 Å². The molecule has 0 spiro atoms. The summed E-state index contributed by atoms with van der Waals surface area (Å²) < 4.78 is 6.25. The largest absolute Gasteiger partial charge is 0.486 e. The molecule has 0 aliphatic carbocycles. The van der Waals surface area contributed by atoms with Crippen molar-refractivity contribution in [3.8, 4) is 5.75 Å². The van der Waals surface area contributed by atoms with E-state index >= 15 is 0 Å². The highest BCUT2D eigenvalue weighted by molar-refractivity contribution is 5.82. The molecular formula is C19H20N2O. The van der Waals surface area contributed by atoms with Gasteiger partial charge in [0.25, 0.3) is 0 Å². The number of aromatic nitrogens is 1. The molecular weight excluding hydrogens is 272 g/mol. The Labute approximate surface area is 131 Å². The van der Waals surface area contributed by atoms with Crippen LogP contribution in [0.15, 0.2) is 67.0 Å². The van der Waals surface area contributed by atoms with Crippen molar-refractivity contribution in [1.82, 2.24) is 10.3 Å². The average Bonchev–Trinajstić information content (AvgIpc) is 2.59. The lowest BCUT2D eigenvalue weighted by Crippen LogP contribution is -2.16. The van der Waals surface area contributed by atoms with Crippen molar-refractivity contribution in [3.05, 3.63) is 72.6 Å². The molecule has 3 nitrogen and oxygen atoms in total. The Morgan fingerprint density at radius 2 is 1.91 bits per heavy atom. The van der Waals surface area contributed by atoms with E-state index in [1.807, 2.05) is 37.6 Å². The minimum atomic E-state index is 0.0490. The summed E-state index contributed by atoms with van der Waals surface area (Å²) in [6.07, 6.45) is 4.65. The molecule has 112 valence electrons. The first-order valence-corrected chi connectivity index (χ1v) is 7.57. The number of ether oxygens (including phenoxy) is 1. The lowest BCUT2D eigenvalue weighted by Gasteiger charge is -2.20. The Hall–Kier alpha value is -2.39. The lowest BCUT2D eigenvalue weighted by molar-refractivity contribution is 0.195. The maximum absolute atomic E-state index is 6.25. The van der Waals surface area contributed by atoms with Crippen LogP contribution in [0.4, 0.5) is 0 Å². The first kappa shape index (κ1) is 14.5. The second-order valence-corrected chi connectivity index (χ2v) is 5.29. The topological polar surface area (TPSA) is 34.1 Å². The number of benzene rings is 2. The van der Waals surface area contributed by atoms with Crippen molar-refractivity contribution in [2.75, 3.05) is 13.6 Å². The number of hydrogen-bond acceptors (Lipinski definition) is 3. The number of fused-ring (bicyclic) bond motifs is 1. The Kier molecular flexibility index (Phi) is 4.66. The molecule has 0 radical (unpaired) electrons. The minimum Gasteiger partial charge on any atom is -0.486 e. The number of nitrogens with zero attached hydrogens (tertiary/aromatic N) is 1. The van der Waals surface area contributed by atoms with Gasteiger partial charge in [-0.1, -0.05) is 30.3 Å². The normalized spacial score (nSPS) is 12.2. The third-order valence-electron chi connectivity index (χ3n) is 3.72. The van der Waals surface area contributed by atoms with Crippen LogP contribution >= 0.6 is 0 Å². The molecule has 0 fully saturated rings. The second-order valence-electron chi connectivity index (χ2n) is 5.29. The van der Waals surface area contributed by atoms with E-state index in [0.717, 1.165) is 29.5 Å². The van der Waals surface area contributed by atoms with Gasteiger partial charge in [-0.25, -0.2) is 0 Å². The van der Waals surface area contributed by atoms with Gasteiger partial charge >= 0.3 is 0 Å². The summed E-state index contributed by atoms with van der Waals surface area (Å²) >= 11 is 0. The summed E-state index contributed by atoms with van der Waals surface area (Å²) in [6, 6.07) is 18.5. The molecule has 3 rings (SSSR count). The molecule has 1 heterocycles. The van der Waals surface area contributed by atoms with E-state index in [2.05, 4.69) is 46.7 Å². The van der Waals surface area contributed by atoms with E-state index in [0.29, 0.717) is 0 Å². The summed E-state index contributed by atoms with van der Waals surface area (Å²) in [6.45, 7) is 0.914. The average molecular weight is 292 g/mol. The van der Waals surface area contributed by atoms with Crippen LogP contribution in [0.1, 0.15) is 18.1 Å². The van der Waals surface area contributed by atoms with Gasteiger partial charge in [-0.3, -0.25) is 4.98 Å². The third kappa shape index (κ3) is 3.43. The van der Waals surface area contributed by atoms with E-state index < -0.39 is 0 Å². The van der Waals surface area contributed by atoms with Crippen LogP contribution in [0.3, 0.4) is 0 Å². The van der Waals surface area contributed by atoms with Gasteiger partial charge in [0.1, 0.15) is 11.9 Å². The summed E-state index contributed by atoms with van der Waals surface area (Å²) in [5, 5.41) is 5.47. The number of hydrogen-bond donors (Lipinski definition) is 1. The molecule has 1 N–H and O–H groups in total. The number of rotatable bonds is 6. The Bertz CT molecular complexity index is 728. The maximum atomic E-state index is 6.25. The minimum absolute atomic E-state index is 0.0490. The fraction of sp³-hybridized carbons (Fsp3) is 0.211. The van der Waals surface area contributed by atoms with Crippen LogP contribution in [0.25, 0.3) is 10.8 Å². The van der Waals surface area contributed by atoms with Gasteiger partial charge < -0.3 is 10.1 Å². The van der Waals surface area contributed by atoms with Crippen molar-refractivity contribution >= 4 is 10.8 Å². The Morgan fingerprint density at radius 1 is 1.05 bits per heavy atom. The molecule has 22 heavy (non-hydrogen) atoms. The molecule has 0 aliphatic rings. The summed E-state index contributed by atoms with van der Waals surface area (Å²) in [4.78, 5) is 4.14. The standard InChI is InChI=1S/C19H20N2O/c1-20-11-10-19(15-5-3-2-4-6-15)22-18-8-7-17-14-21-12-9-16(17)13-18/h2-9,12-14,19-20H,10-11H2,1H3/t19-/m0/s1. The van der Waals surface area contributed by atoms with Crippen LogP contribution < -0.4 is 10.1 Å². The van der Waals surface area contributed by atoms with E-state index in [4.69, 9.17) is 4.74 Å². The Morgan fingerprint density at radius 3 is 2.73 bits per heavy atom. The predicted octanol–water partition coefficient (Wildman–Crippen LogP) is 3.96. The fourth-order valence-corrected chi connectivity index (χ4v) is 2.54. The zero-order chi connectivity index (χ0) is 15.2. The van der Waals surface area contributed by atoms with Gasteiger partial charge in [0.2, 0.25) is 0 Å². The second kappa shape index (κ2) is 7.05. The highest BCUT2D eigenvalue weighted by atomic mass is 16.5. The maximum Gasteiger partial charge on any atom is 0.125 e. The van der Waals surface area contributed by atoms with Gasteiger partial charge in [0.15, 0.2) is 0 Å². The Balaban J connectivity index is 1.84. The highest BCUT2D eigenvalue weighted by Crippen LogP contribution is 2.27. The van der Waals surface area contributed by atoms with E-state index in [1.165, 1.54) is 5.56 Å². The summed E-state index contributed by atoms with van der Waals surface area (Å²) in [7, 11) is 1.96. The molecule has 2 aromatic carbocycles. The summed E-state index contributed by atoms with van der Waals surface area (Å²) in [5.74, 6) is 0.892. The van der Waals surface area contributed by atoms with E-state index in [9.17, 15) is 0 Å². The van der Waals surface area contributed by atoms with Crippen molar-refractivity contribution in [2.24, 2.45) is 0 Å². The van der Waals surface area contributed by atoms with Gasteiger partial charge in [-0.2, -0.15) is 0 Å². The smallest absolute Gasteiger partial charge is 0.125 e. The molecule has 0 aliphatic heterocycles. The molecule has 0 amide bonds. The van der Waals surface area contributed by atoms with Crippen LogP contribution in [-0.2, 0) is 0 Å². The SMILES string of the molecule is CNCC[C@H](Oc1ccc2cnccc2c1)c1ccccc1. The first-order valence-electron chi connectivity index (χ1n) is 7.57. The van der Waals surface area contributed by atoms with Gasteiger partial charge in [-0.15, -0.1) is 0 Å². The van der Waals surface area contributed by atoms with Gasteiger partial charge in [0.05, 0.1) is 0 Å². The van der Waals surface area contributed by atoms with Crippen LogP contribution in [-0.4, -0.2) is 18.6 Å². The predicted molar refractivity (Wildman–Crippen MR) is 90.1 cm³/mol. The van der Waals surface area contributed by atoms with E-state index in [-0.39, 0.29) is 6.10 Å². The van der Waals surface area contributed by atoms with Crippen LogP contribution in [0, 0.1) is 0 Å². The molecule has 3 aromatic rings. The quantitative estimate of drug-likeness (QED) is 0.746. The van der Waals surface area contributed by atoms with Gasteiger partial charge in [-0.05, 0) is 48.8 Å². The zero-order valence-corrected chi connectivity index (χ0v) is 12.7. The molecule has 3 heteroatoms. The van der Waals surface area contributed by atoms with Crippen molar-refractivity contribution in [1.29, 1.82) is 0 Å². The molecule has 0 saturated carbocycles. The molecule has 0 unspecified atom stereocenters. The number of nitrogens with one attached hydrogen (secondary N) is 1. The van der Waals surface area contributed by atoms with Crippen molar-refractivity contribution in [2.45, 2.75) is 12.5 Å². The zero-order valence-electron chi connectivity index (χ0n) is 12.7. The number of pyridine rings is 1. The molecule has 0 saturated heterocycles. The third-order valence-corrected chi connectivity index (χ3v) is 3.72. The van der Waals surface area contributed by atoms with Crippen LogP contribution in [0.2, 0.25) is 0 Å². The molecule has 1 aromatic heterocycles. The fourth-order valence-electron chi connectivity index (χ4n) is 2.54. The van der Waals surface area contributed by atoms with E-state index in [1.54, 1.807) is 0 Å². The summed E-state index contributed by atoms with van der Waals surface area (Å²) in [5.41, 5.74) is 1.20. The monoisotopic (exact) mass is 292 g/mol.